The van der Waals surface area contributed by atoms with Crippen LogP contribution < -0.4 is 10.6 Å². The summed E-state index contributed by atoms with van der Waals surface area (Å²) in [5.74, 6) is -1.15. The van der Waals surface area contributed by atoms with E-state index < -0.39 is 11.8 Å². The zero-order valence-corrected chi connectivity index (χ0v) is 11.4. The lowest BCUT2D eigenvalue weighted by Crippen LogP contribution is -2.34. The molecule has 108 valence electrons. The van der Waals surface area contributed by atoms with E-state index in [1.807, 2.05) is 0 Å². The van der Waals surface area contributed by atoms with Crippen LogP contribution in [0.4, 0.5) is 5.69 Å². The fourth-order valence-corrected chi connectivity index (χ4v) is 1.66. The summed E-state index contributed by atoms with van der Waals surface area (Å²) in [5, 5.41) is 4.86. The summed E-state index contributed by atoms with van der Waals surface area (Å²) in [4.78, 5) is 34.6. The van der Waals surface area contributed by atoms with Crippen LogP contribution in [0.5, 0.6) is 0 Å². The second-order valence-electron chi connectivity index (χ2n) is 4.35. The fraction of sp³-hybridized carbons (Fsp3) is 0.133. The summed E-state index contributed by atoms with van der Waals surface area (Å²) in [6, 6.07) is 9.76. The van der Waals surface area contributed by atoms with E-state index in [1.165, 1.54) is 19.3 Å². The molecule has 6 nitrogen and oxygen atoms in total. The highest BCUT2D eigenvalue weighted by molar-refractivity contribution is 6.39. The van der Waals surface area contributed by atoms with Crippen LogP contribution in [0.2, 0.25) is 0 Å². The Hall–Kier alpha value is -2.89. The molecule has 2 amide bonds. The smallest absolute Gasteiger partial charge is 0.313 e. The van der Waals surface area contributed by atoms with Crippen LogP contribution >= 0.6 is 0 Å². The molecule has 1 aromatic carbocycles. The predicted molar refractivity (Wildman–Crippen MR) is 75.6 cm³/mol. The molecule has 0 aliphatic rings. The van der Waals surface area contributed by atoms with Crippen molar-refractivity contribution in [3.63, 3.8) is 0 Å². The molecule has 2 aromatic rings. The van der Waals surface area contributed by atoms with Gasteiger partial charge in [-0.25, -0.2) is 0 Å². The Morgan fingerprint density at radius 2 is 1.90 bits per heavy atom. The van der Waals surface area contributed by atoms with Gasteiger partial charge in [-0.1, -0.05) is 12.1 Å². The summed E-state index contributed by atoms with van der Waals surface area (Å²) < 4.78 is 5.04. The molecule has 0 aliphatic carbocycles. The van der Waals surface area contributed by atoms with E-state index in [9.17, 15) is 14.4 Å². The lowest BCUT2D eigenvalue weighted by atomic mass is 10.1. The number of anilines is 1. The molecule has 2 rings (SSSR count). The zero-order chi connectivity index (χ0) is 15.2. The quantitative estimate of drug-likeness (QED) is 0.662. The van der Waals surface area contributed by atoms with E-state index >= 15 is 0 Å². The van der Waals surface area contributed by atoms with E-state index in [2.05, 4.69) is 10.6 Å². The van der Waals surface area contributed by atoms with Gasteiger partial charge in [0.15, 0.2) is 5.78 Å². The Balaban J connectivity index is 1.92. The van der Waals surface area contributed by atoms with Crippen molar-refractivity contribution in [1.82, 2.24) is 5.32 Å². The Morgan fingerprint density at radius 3 is 2.57 bits per heavy atom. The highest BCUT2D eigenvalue weighted by Crippen LogP contribution is 2.11. The highest BCUT2D eigenvalue weighted by atomic mass is 16.3. The Bertz CT molecular complexity index is 662. The molecule has 0 aliphatic heterocycles. The lowest BCUT2D eigenvalue weighted by Gasteiger charge is -2.06. The topological polar surface area (TPSA) is 88.4 Å². The number of Topliss-reactive ketones (excluding diaryl/α,β-unsaturated/α-hetero) is 1. The van der Waals surface area contributed by atoms with E-state index in [0.717, 1.165) is 0 Å². The van der Waals surface area contributed by atoms with Crippen LogP contribution in [-0.4, -0.2) is 17.6 Å². The predicted octanol–water partition coefficient (Wildman–Crippen LogP) is 1.74. The molecule has 0 fully saturated rings. The average molecular weight is 286 g/mol. The third-order valence-electron chi connectivity index (χ3n) is 2.74. The molecule has 0 radical (unpaired) electrons. The van der Waals surface area contributed by atoms with Crippen molar-refractivity contribution in [2.75, 3.05) is 5.32 Å². The van der Waals surface area contributed by atoms with Gasteiger partial charge in [0.1, 0.15) is 5.76 Å². The number of furan rings is 1. The molecular formula is C15H14N2O4. The minimum Gasteiger partial charge on any atom is -0.467 e. The van der Waals surface area contributed by atoms with Crippen molar-refractivity contribution < 1.29 is 18.8 Å². The van der Waals surface area contributed by atoms with Gasteiger partial charge in [0, 0.05) is 11.3 Å². The maximum absolute atomic E-state index is 11.7. The van der Waals surface area contributed by atoms with Crippen molar-refractivity contribution in [1.29, 1.82) is 0 Å². The van der Waals surface area contributed by atoms with Gasteiger partial charge in [0.25, 0.3) is 0 Å². The summed E-state index contributed by atoms with van der Waals surface area (Å²) >= 11 is 0. The number of amides is 2. The van der Waals surface area contributed by atoms with E-state index in [1.54, 1.807) is 30.3 Å². The SMILES string of the molecule is CC(=O)c1cccc(NC(=O)C(=O)NCc2ccco2)c1. The molecule has 1 aromatic heterocycles. The molecule has 2 N–H and O–H groups in total. The van der Waals surface area contributed by atoms with Crippen LogP contribution in [0, 0.1) is 0 Å². The highest BCUT2D eigenvalue weighted by Gasteiger charge is 2.14. The van der Waals surface area contributed by atoms with Gasteiger partial charge in [-0.15, -0.1) is 0 Å². The van der Waals surface area contributed by atoms with Crippen molar-refractivity contribution in [2.45, 2.75) is 13.5 Å². The third-order valence-corrected chi connectivity index (χ3v) is 2.74. The largest absolute Gasteiger partial charge is 0.467 e. The molecule has 21 heavy (non-hydrogen) atoms. The first-order valence-corrected chi connectivity index (χ1v) is 6.29. The van der Waals surface area contributed by atoms with Crippen LogP contribution in [0.15, 0.2) is 47.1 Å². The van der Waals surface area contributed by atoms with Gasteiger partial charge in [-0.3, -0.25) is 14.4 Å². The first kappa shape index (κ1) is 14.5. The molecule has 6 heteroatoms. The molecule has 0 saturated heterocycles. The van der Waals surface area contributed by atoms with Crippen molar-refractivity contribution in [3.05, 3.63) is 54.0 Å². The minimum atomic E-state index is -0.803. The van der Waals surface area contributed by atoms with Crippen LogP contribution in [0.1, 0.15) is 23.0 Å². The number of carbonyl (C=O) groups excluding carboxylic acids is 3. The lowest BCUT2D eigenvalue weighted by molar-refractivity contribution is -0.136. The van der Waals surface area contributed by atoms with Crippen LogP contribution in [-0.2, 0) is 16.1 Å². The van der Waals surface area contributed by atoms with Gasteiger partial charge in [-0.2, -0.15) is 0 Å². The summed E-state index contributed by atoms with van der Waals surface area (Å²) in [6.07, 6.45) is 1.48. The molecule has 0 bridgehead atoms. The normalized spacial score (nSPS) is 9.95. The Morgan fingerprint density at radius 1 is 1.10 bits per heavy atom. The number of carbonyl (C=O) groups is 3. The molecule has 0 atom stereocenters. The second kappa shape index (κ2) is 6.51. The number of rotatable bonds is 4. The van der Waals surface area contributed by atoms with Gasteiger partial charge in [-0.05, 0) is 31.2 Å². The van der Waals surface area contributed by atoms with E-state index in [0.29, 0.717) is 17.0 Å². The summed E-state index contributed by atoms with van der Waals surface area (Å²) in [6.45, 7) is 1.56. The number of hydrogen-bond donors (Lipinski definition) is 2. The fourth-order valence-electron chi connectivity index (χ4n) is 1.66. The minimum absolute atomic E-state index is 0.117. The monoisotopic (exact) mass is 286 g/mol. The number of ketones is 1. The number of hydrogen-bond acceptors (Lipinski definition) is 4. The average Bonchev–Trinajstić information content (AvgIpc) is 2.98. The van der Waals surface area contributed by atoms with Gasteiger partial charge < -0.3 is 15.1 Å². The Labute approximate surface area is 121 Å². The van der Waals surface area contributed by atoms with Crippen LogP contribution in [0.3, 0.4) is 0 Å². The van der Waals surface area contributed by atoms with E-state index in [-0.39, 0.29) is 12.3 Å². The summed E-state index contributed by atoms with van der Waals surface area (Å²) in [7, 11) is 0. The third kappa shape index (κ3) is 4.04. The summed E-state index contributed by atoms with van der Waals surface area (Å²) in [5.41, 5.74) is 0.852. The molecule has 0 unspecified atom stereocenters. The van der Waals surface area contributed by atoms with Gasteiger partial charge >= 0.3 is 11.8 Å². The van der Waals surface area contributed by atoms with Crippen LogP contribution in [0.25, 0.3) is 0 Å². The van der Waals surface area contributed by atoms with Crippen molar-refractivity contribution in [3.8, 4) is 0 Å². The first-order chi connectivity index (χ1) is 10.1. The number of benzene rings is 1. The zero-order valence-electron chi connectivity index (χ0n) is 11.4. The standard InChI is InChI=1S/C15H14N2O4/c1-10(18)11-4-2-5-12(8-11)17-15(20)14(19)16-9-13-6-3-7-21-13/h2-8H,9H2,1H3,(H,16,19)(H,17,20). The maximum atomic E-state index is 11.7. The Kier molecular flexibility index (Phi) is 4.50. The molecular weight excluding hydrogens is 272 g/mol. The van der Waals surface area contributed by atoms with Crippen molar-refractivity contribution >= 4 is 23.3 Å². The molecule has 0 spiro atoms. The first-order valence-electron chi connectivity index (χ1n) is 6.29. The van der Waals surface area contributed by atoms with E-state index in [4.69, 9.17) is 4.42 Å². The second-order valence-corrected chi connectivity index (χ2v) is 4.35. The van der Waals surface area contributed by atoms with Gasteiger partial charge in [0.2, 0.25) is 0 Å². The molecule has 1 heterocycles. The van der Waals surface area contributed by atoms with Crippen molar-refractivity contribution in [2.24, 2.45) is 0 Å². The molecule has 0 saturated carbocycles. The number of nitrogens with one attached hydrogen (secondary N) is 2. The van der Waals surface area contributed by atoms with Gasteiger partial charge in [0.05, 0.1) is 12.8 Å². The maximum Gasteiger partial charge on any atom is 0.313 e.